The van der Waals surface area contributed by atoms with E-state index in [1.165, 1.54) is 0 Å². The molecule has 0 aliphatic rings. The fraction of sp³-hybridized carbons (Fsp3) is 0.0455. The van der Waals surface area contributed by atoms with E-state index in [4.69, 9.17) is 16.3 Å². The van der Waals surface area contributed by atoms with Gasteiger partial charge in [-0.2, -0.15) is 5.10 Å². The molecule has 1 aromatic heterocycles. The summed E-state index contributed by atoms with van der Waals surface area (Å²) in [6.45, 7) is 0. The molecule has 3 aromatic carbocycles. The zero-order valence-corrected chi connectivity index (χ0v) is 15.9. The number of aromatic nitrogens is 2. The van der Waals surface area contributed by atoms with Gasteiger partial charge in [0.25, 0.3) is 0 Å². The van der Waals surface area contributed by atoms with E-state index >= 15 is 0 Å². The first-order valence-electron chi connectivity index (χ1n) is 8.69. The molecular weight excluding hydrogens is 372 g/mol. The van der Waals surface area contributed by atoms with Crippen LogP contribution in [0, 0.1) is 0 Å². The molecule has 0 saturated carbocycles. The number of nitrogens with one attached hydrogen (secondary N) is 1. The summed E-state index contributed by atoms with van der Waals surface area (Å²) in [6, 6.07) is 23.1. The van der Waals surface area contributed by atoms with Crippen molar-refractivity contribution in [3.05, 3.63) is 83.4 Å². The van der Waals surface area contributed by atoms with Gasteiger partial charge in [0.1, 0.15) is 5.75 Å². The van der Waals surface area contributed by atoms with E-state index < -0.39 is 0 Å². The summed E-state index contributed by atoms with van der Waals surface area (Å²) in [6.07, 6.45) is 1.71. The zero-order valence-electron chi connectivity index (χ0n) is 15.1. The van der Waals surface area contributed by atoms with Gasteiger partial charge in [0.05, 0.1) is 24.5 Å². The quantitative estimate of drug-likeness (QED) is 0.367. The number of anilines is 1. The minimum Gasteiger partial charge on any atom is -0.497 e. The highest BCUT2D eigenvalue weighted by Gasteiger charge is 2.10. The molecule has 0 radical (unpaired) electrons. The number of methoxy groups -OCH3 is 1. The van der Waals surface area contributed by atoms with Crippen LogP contribution in [-0.2, 0) is 0 Å². The van der Waals surface area contributed by atoms with Gasteiger partial charge >= 0.3 is 0 Å². The van der Waals surface area contributed by atoms with E-state index in [1.807, 2.05) is 72.8 Å². The largest absolute Gasteiger partial charge is 0.497 e. The molecule has 28 heavy (non-hydrogen) atoms. The van der Waals surface area contributed by atoms with Crippen molar-refractivity contribution in [3.8, 4) is 17.0 Å². The van der Waals surface area contributed by atoms with Crippen LogP contribution in [0.25, 0.3) is 22.2 Å². The molecule has 0 atom stereocenters. The van der Waals surface area contributed by atoms with Crippen molar-refractivity contribution in [2.45, 2.75) is 0 Å². The lowest BCUT2D eigenvalue weighted by atomic mass is 10.1. The second-order valence-corrected chi connectivity index (χ2v) is 6.50. The number of ether oxygens (including phenoxy) is 1. The van der Waals surface area contributed by atoms with E-state index in [2.05, 4.69) is 20.5 Å². The van der Waals surface area contributed by atoms with Crippen LogP contribution in [0.3, 0.4) is 0 Å². The molecule has 0 aliphatic carbocycles. The predicted octanol–water partition coefficient (Wildman–Crippen LogP) is 5.40. The van der Waals surface area contributed by atoms with Crippen LogP contribution in [-0.4, -0.2) is 23.3 Å². The number of fused-ring (bicyclic) bond motifs is 1. The minimum atomic E-state index is 0.415. The van der Waals surface area contributed by atoms with E-state index in [-0.39, 0.29) is 0 Å². The molecule has 0 aliphatic heterocycles. The maximum absolute atomic E-state index is 6.19. The average Bonchev–Trinajstić information content (AvgIpc) is 2.74. The maximum Gasteiger partial charge on any atom is 0.244 e. The lowest BCUT2D eigenvalue weighted by molar-refractivity contribution is 0.415. The fourth-order valence-electron chi connectivity index (χ4n) is 2.82. The van der Waals surface area contributed by atoms with Crippen LogP contribution in [0.15, 0.2) is 77.9 Å². The van der Waals surface area contributed by atoms with Crippen LogP contribution < -0.4 is 10.2 Å². The Labute approximate surface area is 167 Å². The maximum atomic E-state index is 6.19. The molecular formula is C22H17ClN4O. The van der Waals surface area contributed by atoms with E-state index in [0.29, 0.717) is 11.0 Å². The SMILES string of the molecule is COc1ccc(/C=N/Nc2nc(-c3ccccc3)c3cc(Cl)ccc3n2)cc1. The molecule has 1 N–H and O–H groups in total. The van der Waals surface area contributed by atoms with Crippen LogP contribution in [0.4, 0.5) is 5.95 Å². The first-order valence-corrected chi connectivity index (χ1v) is 9.06. The monoisotopic (exact) mass is 388 g/mol. The molecule has 6 heteroatoms. The van der Waals surface area contributed by atoms with Crippen LogP contribution in [0.1, 0.15) is 5.56 Å². The van der Waals surface area contributed by atoms with Gasteiger partial charge in [-0.15, -0.1) is 0 Å². The summed E-state index contributed by atoms with van der Waals surface area (Å²) in [5.74, 6) is 1.22. The van der Waals surface area contributed by atoms with Crippen molar-refractivity contribution >= 4 is 34.7 Å². The Bertz CT molecular complexity index is 1130. The smallest absolute Gasteiger partial charge is 0.244 e. The number of hydrogen-bond donors (Lipinski definition) is 1. The summed E-state index contributed by atoms with van der Waals surface area (Å²) in [7, 11) is 1.64. The highest BCUT2D eigenvalue weighted by Crippen LogP contribution is 2.29. The van der Waals surface area contributed by atoms with Crippen molar-refractivity contribution in [2.75, 3.05) is 12.5 Å². The third-order valence-corrected chi connectivity index (χ3v) is 4.43. The number of hydrogen-bond acceptors (Lipinski definition) is 5. The van der Waals surface area contributed by atoms with Crippen molar-refractivity contribution in [1.82, 2.24) is 9.97 Å². The van der Waals surface area contributed by atoms with Gasteiger partial charge in [-0.25, -0.2) is 15.4 Å². The minimum absolute atomic E-state index is 0.415. The Morgan fingerprint density at radius 2 is 1.75 bits per heavy atom. The van der Waals surface area contributed by atoms with E-state index in [0.717, 1.165) is 33.5 Å². The molecule has 0 amide bonds. The fourth-order valence-corrected chi connectivity index (χ4v) is 2.99. The normalized spacial score (nSPS) is 11.1. The molecule has 138 valence electrons. The second kappa shape index (κ2) is 8.06. The number of benzene rings is 3. The average molecular weight is 389 g/mol. The summed E-state index contributed by atoms with van der Waals surface area (Å²) < 4.78 is 5.16. The van der Waals surface area contributed by atoms with Gasteiger partial charge in [0.15, 0.2) is 0 Å². The van der Waals surface area contributed by atoms with Gasteiger partial charge < -0.3 is 4.74 Å². The first-order chi connectivity index (χ1) is 13.7. The van der Waals surface area contributed by atoms with Crippen molar-refractivity contribution < 1.29 is 4.74 Å². The lowest BCUT2D eigenvalue weighted by Gasteiger charge is -2.09. The third kappa shape index (κ3) is 3.94. The highest BCUT2D eigenvalue weighted by atomic mass is 35.5. The summed E-state index contributed by atoms with van der Waals surface area (Å²) in [4.78, 5) is 9.20. The highest BCUT2D eigenvalue weighted by molar-refractivity contribution is 6.31. The first kappa shape index (κ1) is 17.9. The molecule has 0 unspecified atom stereocenters. The molecule has 4 aromatic rings. The Morgan fingerprint density at radius 1 is 0.964 bits per heavy atom. The Morgan fingerprint density at radius 3 is 2.50 bits per heavy atom. The van der Waals surface area contributed by atoms with Crippen LogP contribution >= 0.6 is 11.6 Å². The van der Waals surface area contributed by atoms with Gasteiger partial charge in [0.2, 0.25) is 5.95 Å². The summed E-state index contributed by atoms with van der Waals surface area (Å²) in [5.41, 5.74) is 6.43. The lowest BCUT2D eigenvalue weighted by Crippen LogP contribution is -2.00. The molecule has 1 heterocycles. The number of halogens is 1. The summed E-state index contributed by atoms with van der Waals surface area (Å²) >= 11 is 6.19. The van der Waals surface area contributed by atoms with Gasteiger partial charge in [-0.3, -0.25) is 0 Å². The molecule has 5 nitrogen and oxygen atoms in total. The van der Waals surface area contributed by atoms with Gasteiger partial charge in [0, 0.05) is 16.0 Å². The topological polar surface area (TPSA) is 59.4 Å². The zero-order chi connectivity index (χ0) is 19.3. The van der Waals surface area contributed by atoms with Crippen molar-refractivity contribution in [2.24, 2.45) is 5.10 Å². The van der Waals surface area contributed by atoms with E-state index in [9.17, 15) is 0 Å². The van der Waals surface area contributed by atoms with Crippen molar-refractivity contribution in [3.63, 3.8) is 0 Å². The molecule has 0 saturated heterocycles. The Kier molecular flexibility index (Phi) is 5.17. The van der Waals surface area contributed by atoms with E-state index in [1.54, 1.807) is 13.3 Å². The molecule has 0 fully saturated rings. The summed E-state index contributed by atoms with van der Waals surface area (Å²) in [5, 5.41) is 5.80. The van der Waals surface area contributed by atoms with Crippen molar-refractivity contribution in [1.29, 1.82) is 0 Å². The standard InChI is InChI=1S/C22H17ClN4O/c1-28-18-10-7-15(8-11-18)14-24-27-22-25-20-12-9-17(23)13-19(20)21(26-22)16-5-3-2-4-6-16/h2-14H,1H3,(H,25,26,27)/b24-14+. The van der Waals surface area contributed by atoms with Gasteiger partial charge in [-0.1, -0.05) is 41.9 Å². The predicted molar refractivity (Wildman–Crippen MR) is 114 cm³/mol. The van der Waals surface area contributed by atoms with Crippen LogP contribution in [0.2, 0.25) is 5.02 Å². The van der Waals surface area contributed by atoms with Gasteiger partial charge in [-0.05, 0) is 48.0 Å². The molecule has 4 rings (SSSR count). The molecule has 0 spiro atoms. The Hall–Kier alpha value is -3.44. The number of hydrazone groups is 1. The Balaban J connectivity index is 1.67. The number of rotatable bonds is 5. The molecule has 0 bridgehead atoms. The van der Waals surface area contributed by atoms with Crippen LogP contribution in [0.5, 0.6) is 5.75 Å². The second-order valence-electron chi connectivity index (χ2n) is 6.07. The number of nitrogens with zero attached hydrogens (tertiary/aromatic N) is 3. The third-order valence-electron chi connectivity index (χ3n) is 4.20.